The molecule has 2 aromatic heterocycles. The van der Waals surface area contributed by atoms with Gasteiger partial charge in [0, 0.05) is 43.5 Å². The molecule has 2 aromatic rings. The number of hydrogen-bond donors (Lipinski definition) is 1. The zero-order valence-electron chi connectivity index (χ0n) is 13.5. The summed E-state index contributed by atoms with van der Waals surface area (Å²) in [4.78, 5) is 16.3. The molecular formula is C17H21N5OS. The van der Waals surface area contributed by atoms with E-state index in [1.165, 1.54) is 4.88 Å². The first-order chi connectivity index (χ1) is 11.8. The minimum absolute atomic E-state index is 0.0526. The van der Waals surface area contributed by atoms with Gasteiger partial charge in [-0.3, -0.25) is 9.69 Å². The van der Waals surface area contributed by atoms with E-state index in [-0.39, 0.29) is 5.91 Å². The molecule has 4 heterocycles. The van der Waals surface area contributed by atoms with Crippen LogP contribution >= 0.6 is 11.3 Å². The molecule has 6 nitrogen and oxygen atoms in total. The third-order valence-electron chi connectivity index (χ3n) is 5.42. The van der Waals surface area contributed by atoms with Gasteiger partial charge in [0.2, 0.25) is 5.82 Å². The molecule has 1 amide bonds. The van der Waals surface area contributed by atoms with Crippen molar-refractivity contribution in [2.45, 2.75) is 38.4 Å². The maximum Gasteiger partial charge on any atom is 0.289 e. The van der Waals surface area contributed by atoms with Crippen LogP contribution in [0.15, 0.2) is 17.5 Å². The van der Waals surface area contributed by atoms with Crippen LogP contribution in [0.5, 0.6) is 0 Å². The summed E-state index contributed by atoms with van der Waals surface area (Å²) in [6.07, 6.45) is 3.12. The fourth-order valence-electron chi connectivity index (χ4n) is 4.02. The summed E-state index contributed by atoms with van der Waals surface area (Å²) in [5.41, 5.74) is 0. The molecule has 5 rings (SSSR count). The van der Waals surface area contributed by atoms with Crippen molar-refractivity contribution in [1.82, 2.24) is 25.0 Å². The van der Waals surface area contributed by atoms with Gasteiger partial charge in [0.1, 0.15) is 5.82 Å². The zero-order valence-corrected chi connectivity index (χ0v) is 14.3. The second-order valence-corrected chi connectivity index (χ2v) is 8.33. The molecule has 0 radical (unpaired) electrons. The Morgan fingerprint density at radius 2 is 2.12 bits per heavy atom. The molecule has 0 bridgehead atoms. The lowest BCUT2D eigenvalue weighted by atomic mass is 9.89. The van der Waals surface area contributed by atoms with Gasteiger partial charge < -0.3 is 9.88 Å². The molecular weight excluding hydrogens is 322 g/mol. The van der Waals surface area contributed by atoms with Gasteiger partial charge in [-0.2, -0.15) is 0 Å². The molecule has 0 spiro atoms. The Bertz CT molecular complexity index is 751. The van der Waals surface area contributed by atoms with Crippen LogP contribution in [0.1, 0.15) is 34.2 Å². The van der Waals surface area contributed by atoms with Gasteiger partial charge in [-0.25, -0.2) is 0 Å². The topological polar surface area (TPSA) is 63.1 Å². The highest BCUT2D eigenvalue weighted by molar-refractivity contribution is 7.09. The number of aromatic nitrogens is 3. The second-order valence-electron chi connectivity index (χ2n) is 7.30. The third-order valence-corrected chi connectivity index (χ3v) is 6.28. The van der Waals surface area contributed by atoms with E-state index >= 15 is 0 Å². The maximum atomic E-state index is 12.4. The standard InChI is InChI=1S/C17H21N5OS/c23-17(18-13-3-4-13)16-20-19-15-6-11-7-21(8-12(11)9-22(15)16)10-14-2-1-5-24-14/h1-2,5,11-13H,3-4,6-10H2,(H,18,23)/t11-,12+/m0/s1. The molecule has 7 heteroatoms. The number of likely N-dealkylation sites (tertiary alicyclic amines) is 1. The van der Waals surface area contributed by atoms with Gasteiger partial charge in [0.25, 0.3) is 5.91 Å². The van der Waals surface area contributed by atoms with E-state index in [0.717, 1.165) is 51.3 Å². The van der Waals surface area contributed by atoms with Gasteiger partial charge in [-0.1, -0.05) is 6.07 Å². The Kier molecular flexibility index (Phi) is 3.45. The first-order valence-corrected chi connectivity index (χ1v) is 9.62. The van der Waals surface area contributed by atoms with Gasteiger partial charge in [0.05, 0.1) is 0 Å². The Morgan fingerprint density at radius 3 is 2.92 bits per heavy atom. The van der Waals surface area contributed by atoms with Crippen LogP contribution in [-0.4, -0.2) is 44.7 Å². The number of carbonyl (C=O) groups is 1. The second kappa shape index (κ2) is 5.67. The first kappa shape index (κ1) is 14.6. The molecule has 1 N–H and O–H groups in total. The Morgan fingerprint density at radius 1 is 1.25 bits per heavy atom. The third kappa shape index (κ3) is 2.65. The number of fused-ring (bicyclic) bond motifs is 2. The van der Waals surface area contributed by atoms with Crippen molar-refractivity contribution in [2.24, 2.45) is 11.8 Å². The van der Waals surface area contributed by atoms with Crippen molar-refractivity contribution >= 4 is 17.2 Å². The Balaban J connectivity index is 1.30. The minimum Gasteiger partial charge on any atom is -0.347 e. The summed E-state index contributed by atoms with van der Waals surface area (Å²) in [5, 5.41) is 13.7. The molecule has 1 saturated heterocycles. The lowest BCUT2D eigenvalue weighted by Crippen LogP contribution is -2.33. The van der Waals surface area contributed by atoms with Crippen LogP contribution in [-0.2, 0) is 19.5 Å². The van der Waals surface area contributed by atoms with E-state index in [0.29, 0.717) is 23.7 Å². The van der Waals surface area contributed by atoms with Gasteiger partial charge in [-0.15, -0.1) is 21.5 Å². The highest BCUT2D eigenvalue weighted by Gasteiger charge is 2.39. The van der Waals surface area contributed by atoms with Crippen molar-refractivity contribution in [3.05, 3.63) is 34.0 Å². The monoisotopic (exact) mass is 343 g/mol. The summed E-state index contributed by atoms with van der Waals surface area (Å²) >= 11 is 1.83. The van der Waals surface area contributed by atoms with Crippen molar-refractivity contribution in [3.63, 3.8) is 0 Å². The van der Waals surface area contributed by atoms with E-state index in [4.69, 9.17) is 0 Å². The quantitative estimate of drug-likeness (QED) is 0.915. The van der Waals surface area contributed by atoms with E-state index in [9.17, 15) is 4.79 Å². The van der Waals surface area contributed by atoms with Crippen molar-refractivity contribution in [3.8, 4) is 0 Å². The van der Waals surface area contributed by atoms with Crippen LogP contribution in [0.25, 0.3) is 0 Å². The fraction of sp³-hybridized carbons (Fsp3) is 0.588. The number of rotatable bonds is 4. The van der Waals surface area contributed by atoms with Gasteiger partial charge in [0.15, 0.2) is 0 Å². The molecule has 24 heavy (non-hydrogen) atoms. The molecule has 1 aliphatic carbocycles. The van der Waals surface area contributed by atoms with E-state index in [1.807, 2.05) is 11.3 Å². The highest BCUT2D eigenvalue weighted by atomic mass is 32.1. The average molecular weight is 343 g/mol. The summed E-state index contributed by atoms with van der Waals surface area (Å²) in [6, 6.07) is 4.69. The van der Waals surface area contributed by atoms with E-state index in [2.05, 4.69) is 42.5 Å². The molecule has 0 unspecified atom stereocenters. The number of carbonyl (C=O) groups excluding carboxylic acids is 1. The summed E-state index contributed by atoms with van der Waals surface area (Å²) < 4.78 is 2.06. The molecule has 2 fully saturated rings. The van der Waals surface area contributed by atoms with Crippen molar-refractivity contribution in [1.29, 1.82) is 0 Å². The van der Waals surface area contributed by atoms with Crippen LogP contribution in [0.2, 0.25) is 0 Å². The van der Waals surface area contributed by atoms with Crippen LogP contribution in [0, 0.1) is 11.8 Å². The fourth-order valence-corrected chi connectivity index (χ4v) is 4.76. The first-order valence-electron chi connectivity index (χ1n) is 8.74. The van der Waals surface area contributed by atoms with Gasteiger partial charge >= 0.3 is 0 Å². The van der Waals surface area contributed by atoms with Crippen LogP contribution in [0.3, 0.4) is 0 Å². The Labute approximate surface area is 144 Å². The average Bonchev–Trinajstić information content (AvgIpc) is 2.99. The van der Waals surface area contributed by atoms with E-state index < -0.39 is 0 Å². The molecule has 2 atom stereocenters. The Hall–Kier alpha value is -1.73. The lowest BCUT2D eigenvalue weighted by Gasteiger charge is -2.25. The molecule has 126 valence electrons. The van der Waals surface area contributed by atoms with E-state index in [1.54, 1.807) is 0 Å². The maximum absolute atomic E-state index is 12.4. The minimum atomic E-state index is -0.0526. The molecule has 2 aliphatic heterocycles. The normalized spacial score (nSPS) is 26.2. The van der Waals surface area contributed by atoms with Gasteiger partial charge in [-0.05, 0) is 36.1 Å². The zero-order chi connectivity index (χ0) is 16.1. The number of nitrogens with zero attached hydrogens (tertiary/aromatic N) is 4. The highest BCUT2D eigenvalue weighted by Crippen LogP contribution is 2.33. The van der Waals surface area contributed by atoms with Crippen LogP contribution < -0.4 is 5.32 Å². The SMILES string of the molecule is O=C(NC1CC1)c1nnc2n1C[C@H]1CN(Cc3cccs3)C[C@@H]1C2. The molecule has 0 aromatic carbocycles. The predicted molar refractivity (Wildman–Crippen MR) is 90.8 cm³/mol. The number of thiophene rings is 1. The summed E-state index contributed by atoms with van der Waals surface area (Å²) in [5.74, 6) is 2.67. The molecule has 3 aliphatic rings. The summed E-state index contributed by atoms with van der Waals surface area (Å²) in [7, 11) is 0. The van der Waals surface area contributed by atoms with Crippen LogP contribution in [0.4, 0.5) is 0 Å². The number of hydrogen-bond acceptors (Lipinski definition) is 5. The smallest absolute Gasteiger partial charge is 0.289 e. The van der Waals surface area contributed by atoms with Crippen molar-refractivity contribution in [2.75, 3.05) is 13.1 Å². The van der Waals surface area contributed by atoms with Crippen molar-refractivity contribution < 1.29 is 4.79 Å². The molecule has 1 saturated carbocycles. The lowest BCUT2D eigenvalue weighted by molar-refractivity contribution is 0.0932. The summed E-state index contributed by atoms with van der Waals surface area (Å²) in [6.45, 7) is 4.14. The predicted octanol–water partition coefficient (Wildman–Crippen LogP) is 1.54. The number of amides is 1. The number of nitrogens with one attached hydrogen (secondary N) is 1. The largest absolute Gasteiger partial charge is 0.347 e.